The van der Waals surface area contributed by atoms with E-state index >= 15 is 0 Å². The van der Waals surface area contributed by atoms with Crippen LogP contribution in [0.4, 0.5) is 0 Å². The Balaban J connectivity index is 2.35. The third-order valence-electron chi connectivity index (χ3n) is 2.33. The number of aromatic nitrogens is 1. The molecule has 0 radical (unpaired) electrons. The fourth-order valence-electron chi connectivity index (χ4n) is 1.70. The number of aliphatic carboxylic acids is 1. The lowest BCUT2D eigenvalue weighted by atomic mass is 9.98. The van der Waals surface area contributed by atoms with Crippen LogP contribution in [0.25, 0.3) is 0 Å². The van der Waals surface area contributed by atoms with Gasteiger partial charge in [0.1, 0.15) is 0 Å². The number of hydrogen-bond acceptors (Lipinski definition) is 3. The highest BCUT2D eigenvalue weighted by molar-refractivity contribution is 5.70. The Morgan fingerprint density at radius 1 is 1.57 bits per heavy atom. The molecule has 2 heterocycles. The summed E-state index contributed by atoms with van der Waals surface area (Å²) in [5, 5.41) is 8.71. The predicted molar refractivity (Wildman–Crippen MR) is 48.9 cm³/mol. The topological polar surface area (TPSA) is 59.4 Å². The molecule has 0 fully saturated rings. The molecule has 0 unspecified atom stereocenters. The van der Waals surface area contributed by atoms with E-state index in [4.69, 9.17) is 9.84 Å². The van der Waals surface area contributed by atoms with E-state index < -0.39 is 5.97 Å². The molecule has 4 heteroatoms. The summed E-state index contributed by atoms with van der Waals surface area (Å²) in [6.45, 7) is 1.22. The SMILES string of the molecule is O=C(O)Cc1cncc2c1CCOC2. The third-order valence-corrected chi connectivity index (χ3v) is 2.33. The molecule has 0 atom stereocenters. The van der Waals surface area contributed by atoms with E-state index in [2.05, 4.69) is 4.98 Å². The highest BCUT2D eigenvalue weighted by atomic mass is 16.5. The second kappa shape index (κ2) is 3.75. The molecule has 1 aromatic heterocycles. The minimum absolute atomic E-state index is 0.0518. The predicted octanol–water partition coefficient (Wildman–Crippen LogP) is 0.781. The summed E-state index contributed by atoms with van der Waals surface area (Å²) >= 11 is 0. The van der Waals surface area contributed by atoms with Crippen molar-refractivity contribution in [1.29, 1.82) is 0 Å². The fraction of sp³-hybridized carbons (Fsp3) is 0.400. The van der Waals surface area contributed by atoms with Gasteiger partial charge in [0.05, 0.1) is 19.6 Å². The van der Waals surface area contributed by atoms with Crippen molar-refractivity contribution in [2.24, 2.45) is 0 Å². The van der Waals surface area contributed by atoms with Gasteiger partial charge in [0.2, 0.25) is 0 Å². The van der Waals surface area contributed by atoms with Crippen molar-refractivity contribution in [3.63, 3.8) is 0 Å². The first kappa shape index (κ1) is 9.15. The molecule has 14 heavy (non-hydrogen) atoms. The summed E-state index contributed by atoms with van der Waals surface area (Å²) in [6.07, 6.45) is 4.23. The first-order chi connectivity index (χ1) is 6.77. The maximum absolute atomic E-state index is 10.6. The summed E-state index contributed by atoms with van der Waals surface area (Å²) in [6, 6.07) is 0. The van der Waals surface area contributed by atoms with Crippen LogP contribution in [0.5, 0.6) is 0 Å². The number of carboxylic acid groups (broad SMARTS) is 1. The van der Waals surface area contributed by atoms with Gasteiger partial charge in [-0.3, -0.25) is 9.78 Å². The van der Waals surface area contributed by atoms with Gasteiger partial charge in [0.25, 0.3) is 0 Å². The van der Waals surface area contributed by atoms with Crippen LogP contribution >= 0.6 is 0 Å². The molecule has 0 aromatic carbocycles. The van der Waals surface area contributed by atoms with Crippen LogP contribution in [0.2, 0.25) is 0 Å². The average Bonchev–Trinajstić information content (AvgIpc) is 2.18. The normalized spacial score (nSPS) is 14.9. The molecule has 1 N–H and O–H groups in total. The van der Waals surface area contributed by atoms with E-state index in [0.29, 0.717) is 13.2 Å². The van der Waals surface area contributed by atoms with E-state index in [1.807, 2.05) is 0 Å². The molecule has 0 aliphatic carbocycles. The van der Waals surface area contributed by atoms with Gasteiger partial charge in [-0.05, 0) is 23.1 Å². The number of rotatable bonds is 2. The largest absolute Gasteiger partial charge is 0.481 e. The van der Waals surface area contributed by atoms with Gasteiger partial charge in [-0.25, -0.2) is 0 Å². The van der Waals surface area contributed by atoms with Crippen molar-refractivity contribution in [2.75, 3.05) is 6.61 Å². The zero-order valence-electron chi connectivity index (χ0n) is 7.69. The van der Waals surface area contributed by atoms with Gasteiger partial charge in [-0.2, -0.15) is 0 Å². The lowest BCUT2D eigenvalue weighted by Gasteiger charge is -2.18. The highest BCUT2D eigenvalue weighted by Crippen LogP contribution is 2.19. The number of ether oxygens (including phenoxy) is 1. The van der Waals surface area contributed by atoms with Crippen molar-refractivity contribution in [2.45, 2.75) is 19.4 Å². The fourth-order valence-corrected chi connectivity index (χ4v) is 1.70. The second-order valence-electron chi connectivity index (χ2n) is 3.31. The van der Waals surface area contributed by atoms with E-state index in [9.17, 15) is 4.79 Å². The lowest BCUT2D eigenvalue weighted by molar-refractivity contribution is -0.136. The second-order valence-corrected chi connectivity index (χ2v) is 3.31. The number of nitrogens with zero attached hydrogens (tertiary/aromatic N) is 1. The zero-order chi connectivity index (χ0) is 9.97. The number of carbonyl (C=O) groups is 1. The summed E-state index contributed by atoms with van der Waals surface area (Å²) in [5.41, 5.74) is 2.95. The van der Waals surface area contributed by atoms with Crippen LogP contribution in [-0.2, 0) is 29.0 Å². The lowest BCUT2D eigenvalue weighted by Crippen LogP contribution is -2.14. The van der Waals surface area contributed by atoms with Gasteiger partial charge in [-0.15, -0.1) is 0 Å². The van der Waals surface area contributed by atoms with Crippen LogP contribution in [0.15, 0.2) is 12.4 Å². The van der Waals surface area contributed by atoms with Crippen LogP contribution in [0, 0.1) is 0 Å². The molecule has 0 spiro atoms. The number of hydrogen-bond donors (Lipinski definition) is 1. The van der Waals surface area contributed by atoms with Crippen LogP contribution in [0.1, 0.15) is 16.7 Å². The van der Waals surface area contributed by atoms with E-state index in [1.165, 1.54) is 0 Å². The molecule has 2 rings (SSSR count). The zero-order valence-corrected chi connectivity index (χ0v) is 7.69. The summed E-state index contributed by atoms with van der Waals surface area (Å²) in [7, 11) is 0. The van der Waals surface area contributed by atoms with Crippen LogP contribution in [0.3, 0.4) is 0 Å². The molecule has 0 saturated heterocycles. The van der Waals surface area contributed by atoms with Gasteiger partial charge in [0.15, 0.2) is 0 Å². The van der Waals surface area contributed by atoms with Crippen molar-refractivity contribution < 1.29 is 14.6 Å². The Morgan fingerprint density at radius 3 is 3.21 bits per heavy atom. The molecule has 4 nitrogen and oxygen atoms in total. The van der Waals surface area contributed by atoms with Crippen molar-refractivity contribution in [3.05, 3.63) is 29.1 Å². The molecule has 0 saturated carbocycles. The highest BCUT2D eigenvalue weighted by Gasteiger charge is 2.15. The smallest absolute Gasteiger partial charge is 0.307 e. The Morgan fingerprint density at radius 2 is 2.43 bits per heavy atom. The maximum Gasteiger partial charge on any atom is 0.307 e. The number of fused-ring (bicyclic) bond motifs is 1. The van der Waals surface area contributed by atoms with Crippen molar-refractivity contribution in [3.8, 4) is 0 Å². The molecule has 0 bridgehead atoms. The quantitative estimate of drug-likeness (QED) is 0.754. The summed E-state index contributed by atoms with van der Waals surface area (Å²) in [5.74, 6) is -0.813. The molecular weight excluding hydrogens is 182 g/mol. The minimum Gasteiger partial charge on any atom is -0.481 e. The summed E-state index contributed by atoms with van der Waals surface area (Å²) in [4.78, 5) is 14.6. The van der Waals surface area contributed by atoms with E-state index in [-0.39, 0.29) is 6.42 Å². The van der Waals surface area contributed by atoms with Crippen LogP contribution in [-0.4, -0.2) is 22.7 Å². The van der Waals surface area contributed by atoms with Gasteiger partial charge in [0, 0.05) is 12.4 Å². The molecule has 1 aliphatic heterocycles. The molecule has 0 amide bonds. The molecular formula is C10H11NO3. The molecule has 1 aromatic rings. The molecule has 74 valence electrons. The van der Waals surface area contributed by atoms with Crippen LogP contribution < -0.4 is 0 Å². The first-order valence-electron chi connectivity index (χ1n) is 4.51. The van der Waals surface area contributed by atoms with Gasteiger partial charge >= 0.3 is 5.97 Å². The third kappa shape index (κ3) is 1.75. The first-order valence-corrected chi connectivity index (χ1v) is 4.51. The minimum atomic E-state index is -0.813. The van der Waals surface area contributed by atoms with E-state index in [1.54, 1.807) is 12.4 Å². The summed E-state index contributed by atoms with van der Waals surface area (Å²) < 4.78 is 5.27. The van der Waals surface area contributed by atoms with Crippen molar-refractivity contribution in [1.82, 2.24) is 4.98 Å². The van der Waals surface area contributed by atoms with Gasteiger partial charge in [-0.1, -0.05) is 0 Å². The Hall–Kier alpha value is -1.42. The number of carboxylic acids is 1. The Kier molecular flexibility index (Phi) is 2.45. The Labute approximate surface area is 81.5 Å². The number of pyridine rings is 1. The average molecular weight is 193 g/mol. The van der Waals surface area contributed by atoms with Gasteiger partial charge < -0.3 is 9.84 Å². The van der Waals surface area contributed by atoms with Crippen molar-refractivity contribution >= 4 is 5.97 Å². The Bertz CT molecular complexity index is 362. The van der Waals surface area contributed by atoms with E-state index in [0.717, 1.165) is 23.1 Å². The molecule has 1 aliphatic rings. The maximum atomic E-state index is 10.6. The monoisotopic (exact) mass is 193 g/mol. The standard InChI is InChI=1S/C10H11NO3/c12-10(13)3-7-4-11-5-8-6-14-2-1-9(7)8/h4-5H,1-3,6H2,(H,12,13).